The number of hydrogen-bond acceptors (Lipinski definition) is 5. The summed E-state index contributed by atoms with van der Waals surface area (Å²) in [5, 5.41) is 3.80. The molecule has 0 radical (unpaired) electrons. The molecule has 2 aromatic rings. The summed E-state index contributed by atoms with van der Waals surface area (Å²) < 4.78 is 0. The van der Waals surface area contributed by atoms with Gasteiger partial charge in [0.1, 0.15) is 5.82 Å². The zero-order valence-corrected chi connectivity index (χ0v) is 15.8. The summed E-state index contributed by atoms with van der Waals surface area (Å²) in [4.78, 5) is 13.5. The molecule has 0 unspecified atom stereocenters. The van der Waals surface area contributed by atoms with Crippen LogP contribution in [0, 0.1) is 0 Å². The van der Waals surface area contributed by atoms with Crippen molar-refractivity contribution >= 4 is 17.4 Å². The molecule has 0 saturated carbocycles. The Bertz CT molecular complexity index is 690. The highest BCUT2D eigenvalue weighted by atomic mass is 35.5. The van der Waals surface area contributed by atoms with Crippen LogP contribution >= 0.6 is 11.6 Å². The van der Waals surface area contributed by atoms with E-state index < -0.39 is 0 Å². The highest BCUT2D eigenvalue weighted by molar-refractivity contribution is 6.28. The van der Waals surface area contributed by atoms with Crippen LogP contribution in [-0.2, 0) is 19.5 Å². The molecule has 25 heavy (non-hydrogen) atoms. The predicted molar refractivity (Wildman–Crippen MR) is 103 cm³/mol. The molecule has 1 N–H and O–H groups in total. The maximum Gasteiger partial charge on any atom is 0.224 e. The predicted octanol–water partition coefficient (Wildman–Crippen LogP) is 3.05. The summed E-state index contributed by atoms with van der Waals surface area (Å²) in [6.07, 6.45) is 1.98. The van der Waals surface area contributed by atoms with E-state index in [2.05, 4.69) is 69.5 Å². The van der Waals surface area contributed by atoms with Gasteiger partial charge in [0.05, 0.1) is 5.69 Å². The summed E-state index contributed by atoms with van der Waals surface area (Å²) in [6.45, 7) is 4.74. The first-order valence-corrected chi connectivity index (χ1v) is 9.20. The molecule has 5 nitrogen and oxygen atoms in total. The second kappa shape index (κ2) is 8.61. The first kappa shape index (κ1) is 18.1. The highest BCUT2D eigenvalue weighted by Gasteiger charge is 2.22. The Morgan fingerprint density at radius 2 is 2.00 bits per heavy atom. The van der Waals surface area contributed by atoms with Crippen molar-refractivity contribution in [3.05, 3.63) is 52.4 Å². The van der Waals surface area contributed by atoms with Crippen molar-refractivity contribution in [3.8, 4) is 0 Å². The van der Waals surface area contributed by atoms with E-state index in [4.69, 9.17) is 11.6 Å². The first-order chi connectivity index (χ1) is 12.1. The van der Waals surface area contributed by atoms with Gasteiger partial charge < -0.3 is 10.2 Å². The number of nitrogens with zero attached hydrogens (tertiary/aromatic N) is 4. The minimum atomic E-state index is 0.338. The molecule has 0 saturated heterocycles. The average Bonchev–Trinajstić information content (AvgIpc) is 2.59. The summed E-state index contributed by atoms with van der Waals surface area (Å²) in [6, 6.07) is 10.6. The van der Waals surface area contributed by atoms with E-state index >= 15 is 0 Å². The van der Waals surface area contributed by atoms with Crippen molar-refractivity contribution < 1.29 is 0 Å². The Kier molecular flexibility index (Phi) is 6.24. The SMILES string of the molecule is CN(C)CCCNc1nc(Cl)nc2c1CN(Cc1ccccc1)CC2. The molecule has 0 amide bonds. The van der Waals surface area contributed by atoms with Crippen molar-refractivity contribution in [2.75, 3.05) is 39.0 Å². The zero-order chi connectivity index (χ0) is 17.6. The Balaban J connectivity index is 1.68. The third-order valence-electron chi connectivity index (χ3n) is 4.44. The van der Waals surface area contributed by atoms with Gasteiger partial charge in [-0.15, -0.1) is 0 Å². The van der Waals surface area contributed by atoms with Crippen LogP contribution in [-0.4, -0.2) is 53.5 Å². The maximum atomic E-state index is 6.13. The molecule has 0 fully saturated rings. The molecule has 2 heterocycles. The monoisotopic (exact) mass is 359 g/mol. The number of halogens is 1. The first-order valence-electron chi connectivity index (χ1n) is 8.82. The Morgan fingerprint density at radius 1 is 1.20 bits per heavy atom. The van der Waals surface area contributed by atoms with E-state index in [1.807, 2.05) is 0 Å². The molecular weight excluding hydrogens is 334 g/mol. The number of hydrogen-bond donors (Lipinski definition) is 1. The Morgan fingerprint density at radius 3 is 2.76 bits per heavy atom. The topological polar surface area (TPSA) is 44.3 Å². The lowest BCUT2D eigenvalue weighted by Crippen LogP contribution is -2.32. The lowest BCUT2D eigenvalue weighted by Gasteiger charge is -2.29. The van der Waals surface area contributed by atoms with Gasteiger partial charge in [0.2, 0.25) is 5.28 Å². The van der Waals surface area contributed by atoms with Crippen LogP contribution < -0.4 is 5.32 Å². The fraction of sp³-hybridized carbons (Fsp3) is 0.474. The quantitative estimate of drug-likeness (QED) is 0.608. The molecule has 1 aromatic carbocycles. The van der Waals surface area contributed by atoms with Gasteiger partial charge in [-0.2, -0.15) is 0 Å². The number of rotatable bonds is 7. The van der Waals surface area contributed by atoms with Crippen LogP contribution in [0.1, 0.15) is 23.2 Å². The molecule has 3 rings (SSSR count). The van der Waals surface area contributed by atoms with Crippen LogP contribution in [0.3, 0.4) is 0 Å². The summed E-state index contributed by atoms with van der Waals surface area (Å²) in [5.74, 6) is 0.895. The number of fused-ring (bicyclic) bond motifs is 1. The van der Waals surface area contributed by atoms with Gasteiger partial charge in [0.15, 0.2) is 0 Å². The van der Waals surface area contributed by atoms with Crippen LogP contribution in [0.4, 0.5) is 5.82 Å². The van der Waals surface area contributed by atoms with E-state index in [0.29, 0.717) is 5.28 Å². The molecular formula is C19H26ClN5. The van der Waals surface area contributed by atoms with Crippen molar-refractivity contribution in [2.45, 2.75) is 25.9 Å². The van der Waals surface area contributed by atoms with E-state index in [1.165, 1.54) is 11.1 Å². The molecule has 134 valence electrons. The van der Waals surface area contributed by atoms with E-state index in [0.717, 1.165) is 57.1 Å². The molecule has 0 aliphatic carbocycles. The van der Waals surface area contributed by atoms with Crippen LogP contribution in [0.15, 0.2) is 30.3 Å². The van der Waals surface area contributed by atoms with Gasteiger partial charge >= 0.3 is 0 Å². The molecule has 1 aliphatic heterocycles. The summed E-state index contributed by atoms with van der Waals surface area (Å²) in [5.41, 5.74) is 3.61. The Labute approximate surface area is 155 Å². The summed E-state index contributed by atoms with van der Waals surface area (Å²) in [7, 11) is 4.18. The standard InChI is InChI=1S/C19H26ClN5/c1-24(2)11-6-10-21-18-16-14-25(13-15-7-4-3-5-8-15)12-9-17(16)22-19(20)23-18/h3-5,7-8H,6,9-14H2,1-2H3,(H,21,22,23). The molecule has 0 bridgehead atoms. The molecule has 1 aromatic heterocycles. The number of benzene rings is 1. The lowest BCUT2D eigenvalue weighted by atomic mass is 10.1. The molecule has 6 heteroatoms. The van der Waals surface area contributed by atoms with Gasteiger partial charge in [0.25, 0.3) is 0 Å². The third-order valence-corrected chi connectivity index (χ3v) is 4.60. The van der Waals surface area contributed by atoms with Gasteiger partial charge in [-0.3, -0.25) is 4.90 Å². The van der Waals surface area contributed by atoms with Gasteiger partial charge in [-0.1, -0.05) is 30.3 Å². The number of aromatic nitrogens is 2. The minimum absolute atomic E-state index is 0.338. The second-order valence-corrected chi connectivity index (χ2v) is 7.13. The Hall–Kier alpha value is -1.69. The lowest BCUT2D eigenvalue weighted by molar-refractivity contribution is 0.243. The minimum Gasteiger partial charge on any atom is -0.370 e. The number of nitrogens with one attached hydrogen (secondary N) is 1. The van der Waals surface area contributed by atoms with E-state index in [9.17, 15) is 0 Å². The van der Waals surface area contributed by atoms with Crippen molar-refractivity contribution in [2.24, 2.45) is 0 Å². The molecule has 0 atom stereocenters. The van der Waals surface area contributed by atoms with Crippen LogP contribution in [0.25, 0.3) is 0 Å². The zero-order valence-electron chi connectivity index (χ0n) is 15.0. The summed E-state index contributed by atoms with van der Waals surface area (Å²) >= 11 is 6.13. The third kappa shape index (κ3) is 5.14. The van der Waals surface area contributed by atoms with E-state index in [1.54, 1.807) is 0 Å². The normalized spacial score (nSPS) is 14.6. The number of anilines is 1. The van der Waals surface area contributed by atoms with Gasteiger partial charge in [-0.05, 0) is 44.2 Å². The molecule has 1 aliphatic rings. The largest absolute Gasteiger partial charge is 0.370 e. The fourth-order valence-corrected chi connectivity index (χ4v) is 3.35. The van der Waals surface area contributed by atoms with Crippen molar-refractivity contribution in [1.82, 2.24) is 19.8 Å². The van der Waals surface area contributed by atoms with Crippen LogP contribution in [0.5, 0.6) is 0 Å². The molecule has 0 spiro atoms. The van der Waals surface area contributed by atoms with Gasteiger partial charge in [0, 0.05) is 38.2 Å². The van der Waals surface area contributed by atoms with Crippen molar-refractivity contribution in [1.29, 1.82) is 0 Å². The van der Waals surface area contributed by atoms with Crippen molar-refractivity contribution in [3.63, 3.8) is 0 Å². The van der Waals surface area contributed by atoms with E-state index in [-0.39, 0.29) is 0 Å². The highest BCUT2D eigenvalue weighted by Crippen LogP contribution is 2.26. The van der Waals surface area contributed by atoms with Gasteiger partial charge in [-0.25, -0.2) is 9.97 Å². The fourth-order valence-electron chi connectivity index (χ4n) is 3.16. The maximum absolute atomic E-state index is 6.13. The van der Waals surface area contributed by atoms with Crippen LogP contribution in [0.2, 0.25) is 5.28 Å². The second-order valence-electron chi connectivity index (χ2n) is 6.80. The average molecular weight is 360 g/mol. The smallest absolute Gasteiger partial charge is 0.224 e.